The number of amides is 1. The Labute approximate surface area is 132 Å². The molecule has 0 spiro atoms. The third-order valence-electron chi connectivity index (χ3n) is 3.46. The van der Waals surface area contributed by atoms with E-state index < -0.39 is 0 Å². The molecule has 0 atom stereocenters. The summed E-state index contributed by atoms with van der Waals surface area (Å²) in [6.45, 7) is 2.01. The Balaban J connectivity index is 1.83. The van der Waals surface area contributed by atoms with Crippen LogP contribution in [0.4, 0.5) is 5.82 Å². The topological polar surface area (TPSA) is 99.4 Å². The number of hydrogen-bond donors (Lipinski definition) is 2. The van der Waals surface area contributed by atoms with Gasteiger partial charge in [0.25, 0.3) is 5.91 Å². The highest BCUT2D eigenvalue weighted by Crippen LogP contribution is 2.19. The number of nitrogens with zero attached hydrogens (tertiary/aromatic N) is 4. The molecule has 3 aromatic rings. The average Bonchev–Trinajstić information content (AvgIpc) is 3.16. The van der Waals surface area contributed by atoms with Crippen molar-refractivity contribution in [2.75, 3.05) is 5.32 Å². The number of carbonyl (C=O) groups excluding carboxylic acids is 1. The van der Waals surface area contributed by atoms with Crippen LogP contribution in [0.25, 0.3) is 11.3 Å². The zero-order chi connectivity index (χ0) is 16.4. The van der Waals surface area contributed by atoms with Crippen LogP contribution in [0, 0.1) is 18.3 Å². The Bertz CT molecular complexity index is 898. The van der Waals surface area contributed by atoms with E-state index in [4.69, 9.17) is 5.26 Å². The molecule has 0 aliphatic carbocycles. The van der Waals surface area contributed by atoms with Crippen molar-refractivity contribution in [3.63, 3.8) is 0 Å². The number of benzene rings is 1. The van der Waals surface area contributed by atoms with Crippen LogP contribution < -0.4 is 5.32 Å². The summed E-state index contributed by atoms with van der Waals surface area (Å²) in [6, 6.07) is 11.5. The number of aryl methyl sites for hydroxylation is 2. The maximum atomic E-state index is 12.3. The highest BCUT2D eigenvalue weighted by atomic mass is 16.2. The van der Waals surface area contributed by atoms with Crippen molar-refractivity contribution in [1.29, 1.82) is 5.26 Å². The van der Waals surface area contributed by atoms with Gasteiger partial charge in [0, 0.05) is 12.6 Å². The van der Waals surface area contributed by atoms with E-state index in [0.29, 0.717) is 22.8 Å². The van der Waals surface area contributed by atoms with Crippen LogP contribution in [0.2, 0.25) is 0 Å². The molecule has 0 bridgehead atoms. The van der Waals surface area contributed by atoms with E-state index in [1.165, 1.54) is 10.9 Å². The summed E-state index contributed by atoms with van der Waals surface area (Å²) in [4.78, 5) is 12.3. The first-order chi connectivity index (χ1) is 11.1. The van der Waals surface area contributed by atoms with Crippen molar-refractivity contribution < 1.29 is 4.79 Å². The Kier molecular flexibility index (Phi) is 3.65. The molecule has 1 aromatic carbocycles. The van der Waals surface area contributed by atoms with Crippen molar-refractivity contribution in [3.8, 4) is 17.3 Å². The summed E-state index contributed by atoms with van der Waals surface area (Å²) in [6.07, 6.45) is 1.40. The number of H-pyrrole nitrogens is 1. The molecule has 23 heavy (non-hydrogen) atoms. The predicted molar refractivity (Wildman–Crippen MR) is 84.6 cm³/mol. The average molecular weight is 306 g/mol. The minimum atomic E-state index is -0.379. The standard InChI is InChI=1S/C16H14N6O/c1-10-3-5-11(6-4-10)13-7-14(21-20-13)16(23)19-15-12(8-17)9-18-22(15)2/h3-7,9H,1-2H3,(H,19,23)(H,20,21). The van der Waals surface area contributed by atoms with Crippen LogP contribution in [-0.4, -0.2) is 25.9 Å². The molecule has 7 nitrogen and oxygen atoms in total. The monoisotopic (exact) mass is 306 g/mol. The van der Waals surface area contributed by atoms with E-state index in [0.717, 1.165) is 11.1 Å². The zero-order valence-corrected chi connectivity index (χ0v) is 12.7. The SMILES string of the molecule is Cc1ccc(-c2cc(C(=O)Nc3c(C#N)cnn3C)[nH]n2)cc1. The van der Waals surface area contributed by atoms with Crippen LogP contribution in [0.15, 0.2) is 36.5 Å². The first-order valence-corrected chi connectivity index (χ1v) is 6.94. The summed E-state index contributed by atoms with van der Waals surface area (Å²) < 4.78 is 1.44. The van der Waals surface area contributed by atoms with Gasteiger partial charge in [-0.3, -0.25) is 14.6 Å². The molecule has 0 aliphatic heterocycles. The zero-order valence-electron chi connectivity index (χ0n) is 12.7. The van der Waals surface area contributed by atoms with E-state index in [2.05, 4.69) is 20.6 Å². The number of nitrogens with one attached hydrogen (secondary N) is 2. The Morgan fingerprint density at radius 2 is 2.09 bits per heavy atom. The van der Waals surface area contributed by atoms with Crippen LogP contribution >= 0.6 is 0 Å². The van der Waals surface area contributed by atoms with Crippen LogP contribution in [-0.2, 0) is 7.05 Å². The van der Waals surface area contributed by atoms with Gasteiger partial charge in [-0.1, -0.05) is 29.8 Å². The molecule has 0 aliphatic rings. The molecule has 0 unspecified atom stereocenters. The van der Waals surface area contributed by atoms with Gasteiger partial charge < -0.3 is 5.32 Å². The quantitative estimate of drug-likeness (QED) is 0.775. The number of rotatable bonds is 3. The van der Waals surface area contributed by atoms with Crippen molar-refractivity contribution >= 4 is 11.7 Å². The van der Waals surface area contributed by atoms with E-state index in [-0.39, 0.29) is 5.91 Å². The second-order valence-electron chi connectivity index (χ2n) is 5.13. The van der Waals surface area contributed by atoms with Gasteiger partial charge in [-0.05, 0) is 13.0 Å². The van der Waals surface area contributed by atoms with E-state index in [1.807, 2.05) is 37.3 Å². The van der Waals surface area contributed by atoms with Gasteiger partial charge in [0.15, 0.2) is 0 Å². The Morgan fingerprint density at radius 1 is 1.35 bits per heavy atom. The summed E-state index contributed by atoms with van der Waals surface area (Å²) >= 11 is 0. The fourth-order valence-corrected chi connectivity index (χ4v) is 2.15. The van der Waals surface area contributed by atoms with Gasteiger partial charge in [0.1, 0.15) is 23.1 Å². The van der Waals surface area contributed by atoms with Crippen molar-refractivity contribution in [2.45, 2.75) is 6.92 Å². The third-order valence-corrected chi connectivity index (χ3v) is 3.46. The molecule has 1 amide bonds. The lowest BCUT2D eigenvalue weighted by atomic mass is 10.1. The van der Waals surface area contributed by atoms with Gasteiger partial charge in [0.2, 0.25) is 0 Å². The highest BCUT2D eigenvalue weighted by Gasteiger charge is 2.15. The molecule has 0 saturated carbocycles. The molecular weight excluding hydrogens is 292 g/mol. The van der Waals surface area contributed by atoms with Crippen molar-refractivity contribution in [2.24, 2.45) is 7.05 Å². The number of hydrogen-bond acceptors (Lipinski definition) is 4. The molecule has 114 valence electrons. The van der Waals surface area contributed by atoms with Crippen molar-refractivity contribution in [3.05, 3.63) is 53.3 Å². The number of aromatic amines is 1. The minimum absolute atomic E-state index is 0.305. The molecule has 0 radical (unpaired) electrons. The van der Waals surface area contributed by atoms with E-state index in [1.54, 1.807) is 13.1 Å². The van der Waals surface area contributed by atoms with Gasteiger partial charge in [-0.15, -0.1) is 0 Å². The van der Waals surface area contributed by atoms with Gasteiger partial charge in [-0.2, -0.15) is 15.5 Å². The maximum absolute atomic E-state index is 12.3. The van der Waals surface area contributed by atoms with E-state index in [9.17, 15) is 4.79 Å². The van der Waals surface area contributed by atoms with Gasteiger partial charge >= 0.3 is 0 Å². The third kappa shape index (κ3) is 2.82. The molecule has 0 saturated heterocycles. The summed E-state index contributed by atoms with van der Waals surface area (Å²) in [5.74, 6) is -0.0278. The second kappa shape index (κ2) is 5.77. The largest absolute Gasteiger partial charge is 0.304 e. The smallest absolute Gasteiger partial charge is 0.274 e. The Morgan fingerprint density at radius 3 is 2.78 bits per heavy atom. The summed E-state index contributed by atoms with van der Waals surface area (Å²) in [5, 5.41) is 22.5. The minimum Gasteiger partial charge on any atom is -0.304 e. The molecule has 0 fully saturated rings. The molecular formula is C16H14N6O. The molecule has 2 aromatic heterocycles. The van der Waals surface area contributed by atoms with Gasteiger partial charge in [0.05, 0.1) is 11.9 Å². The molecule has 2 N–H and O–H groups in total. The predicted octanol–water partition coefficient (Wildman–Crippen LogP) is 2.24. The number of nitriles is 1. The van der Waals surface area contributed by atoms with Crippen LogP contribution in [0.1, 0.15) is 21.6 Å². The maximum Gasteiger partial charge on any atom is 0.274 e. The summed E-state index contributed by atoms with van der Waals surface area (Å²) in [7, 11) is 1.65. The number of anilines is 1. The highest BCUT2D eigenvalue weighted by molar-refractivity contribution is 6.03. The molecule has 7 heteroatoms. The van der Waals surface area contributed by atoms with Gasteiger partial charge in [-0.25, -0.2) is 0 Å². The summed E-state index contributed by atoms with van der Waals surface area (Å²) in [5.41, 5.74) is 3.37. The second-order valence-corrected chi connectivity index (χ2v) is 5.13. The first-order valence-electron chi connectivity index (χ1n) is 6.94. The first kappa shape index (κ1) is 14.5. The number of aromatic nitrogens is 4. The molecule has 3 rings (SSSR count). The lowest BCUT2D eigenvalue weighted by Gasteiger charge is -2.03. The fourth-order valence-electron chi connectivity index (χ4n) is 2.15. The van der Waals surface area contributed by atoms with Crippen LogP contribution in [0.3, 0.4) is 0 Å². The fraction of sp³-hybridized carbons (Fsp3) is 0.125. The Hall–Kier alpha value is -3.40. The molecule has 2 heterocycles. The lowest BCUT2D eigenvalue weighted by Crippen LogP contribution is -2.15. The van der Waals surface area contributed by atoms with Crippen molar-refractivity contribution in [1.82, 2.24) is 20.0 Å². The number of carbonyl (C=O) groups is 1. The lowest BCUT2D eigenvalue weighted by molar-refractivity contribution is 0.102. The normalized spacial score (nSPS) is 10.3. The van der Waals surface area contributed by atoms with Crippen LogP contribution in [0.5, 0.6) is 0 Å². The van der Waals surface area contributed by atoms with E-state index >= 15 is 0 Å².